The minimum Gasteiger partial charge on any atom is -0.350 e. The van der Waals surface area contributed by atoms with Crippen molar-refractivity contribution in [3.05, 3.63) is 87.8 Å². The van der Waals surface area contributed by atoms with Gasteiger partial charge < -0.3 is 5.32 Å². The second-order valence-electron chi connectivity index (χ2n) is 8.65. The van der Waals surface area contributed by atoms with Crippen molar-refractivity contribution in [3.8, 4) is 11.1 Å². The van der Waals surface area contributed by atoms with Crippen LogP contribution >= 0.6 is 11.3 Å². The topological polar surface area (TPSA) is 67.2 Å². The highest BCUT2D eigenvalue weighted by molar-refractivity contribution is 7.17. The van der Waals surface area contributed by atoms with E-state index in [0.717, 1.165) is 37.2 Å². The lowest BCUT2D eigenvalue weighted by atomic mass is 10.1. The SMILES string of the molecule is Cc1ccc(-c2csc3ncn(CC(=O)N[C@H]4CCN(Cc5ccccc5)C4)c(=O)c23)cc1. The highest BCUT2D eigenvalue weighted by Gasteiger charge is 2.24. The number of fused-ring (bicyclic) bond motifs is 1. The molecule has 0 aliphatic carbocycles. The van der Waals surface area contributed by atoms with E-state index in [2.05, 4.69) is 27.3 Å². The maximum atomic E-state index is 13.2. The summed E-state index contributed by atoms with van der Waals surface area (Å²) in [5.74, 6) is -0.156. The highest BCUT2D eigenvalue weighted by atomic mass is 32.1. The molecule has 0 radical (unpaired) electrons. The minimum atomic E-state index is -0.177. The fraction of sp³-hybridized carbons (Fsp3) is 0.269. The number of aryl methyl sites for hydroxylation is 1. The zero-order chi connectivity index (χ0) is 22.8. The number of thiophene rings is 1. The Kier molecular flexibility index (Phi) is 6.07. The molecular formula is C26H26N4O2S. The Hall–Kier alpha value is -3.29. The highest BCUT2D eigenvalue weighted by Crippen LogP contribution is 2.30. The quantitative estimate of drug-likeness (QED) is 0.477. The Morgan fingerprint density at radius 1 is 1.15 bits per heavy atom. The lowest BCUT2D eigenvalue weighted by Gasteiger charge is -2.17. The molecule has 5 rings (SSSR count). The molecule has 0 spiro atoms. The van der Waals surface area contributed by atoms with Gasteiger partial charge in [0.25, 0.3) is 5.56 Å². The van der Waals surface area contributed by atoms with Gasteiger partial charge in [0.05, 0.1) is 11.7 Å². The van der Waals surface area contributed by atoms with Crippen LogP contribution in [0.15, 0.2) is 71.1 Å². The predicted octanol–water partition coefficient (Wildman–Crippen LogP) is 3.82. The summed E-state index contributed by atoms with van der Waals surface area (Å²) in [6, 6.07) is 18.5. The van der Waals surface area contributed by atoms with Crippen LogP contribution in [-0.4, -0.2) is 39.5 Å². The van der Waals surface area contributed by atoms with Crippen molar-refractivity contribution in [2.24, 2.45) is 0 Å². The molecular weight excluding hydrogens is 432 g/mol. The van der Waals surface area contributed by atoms with Gasteiger partial charge in [0.15, 0.2) is 0 Å². The summed E-state index contributed by atoms with van der Waals surface area (Å²) in [5, 5.41) is 5.64. The first-order chi connectivity index (χ1) is 16.1. The second kappa shape index (κ2) is 9.29. The van der Waals surface area contributed by atoms with E-state index in [4.69, 9.17) is 0 Å². The van der Waals surface area contributed by atoms with Gasteiger partial charge in [-0.05, 0) is 24.5 Å². The molecule has 1 aliphatic heterocycles. The van der Waals surface area contributed by atoms with E-state index in [1.54, 1.807) is 0 Å². The van der Waals surface area contributed by atoms with Crippen molar-refractivity contribution in [2.45, 2.75) is 32.5 Å². The van der Waals surface area contributed by atoms with Crippen LogP contribution in [0.25, 0.3) is 21.3 Å². The number of rotatable bonds is 6. The monoisotopic (exact) mass is 458 g/mol. The molecule has 1 fully saturated rings. The molecule has 0 unspecified atom stereocenters. The standard InChI is InChI=1S/C26H26N4O2S/c1-18-7-9-20(10-8-18)22-16-33-25-24(22)26(32)30(17-27-25)15-23(31)28-21-11-12-29(14-21)13-19-5-3-2-4-6-19/h2-10,16-17,21H,11-15H2,1H3,(H,28,31)/t21-/m0/s1. The van der Waals surface area contributed by atoms with E-state index in [1.807, 2.05) is 54.8 Å². The smallest absolute Gasteiger partial charge is 0.263 e. The molecule has 33 heavy (non-hydrogen) atoms. The van der Waals surface area contributed by atoms with Crippen molar-refractivity contribution >= 4 is 27.5 Å². The number of nitrogens with one attached hydrogen (secondary N) is 1. The number of aromatic nitrogens is 2. The van der Waals surface area contributed by atoms with E-state index in [-0.39, 0.29) is 24.1 Å². The molecule has 0 bridgehead atoms. The van der Waals surface area contributed by atoms with Gasteiger partial charge in [0, 0.05) is 36.6 Å². The molecule has 1 N–H and O–H groups in total. The molecule has 7 heteroatoms. The molecule has 6 nitrogen and oxygen atoms in total. The van der Waals surface area contributed by atoms with Crippen LogP contribution < -0.4 is 10.9 Å². The minimum absolute atomic E-state index is 0.0276. The van der Waals surface area contributed by atoms with Gasteiger partial charge in [0.1, 0.15) is 11.4 Å². The van der Waals surface area contributed by atoms with Gasteiger partial charge in [-0.3, -0.25) is 19.1 Å². The molecule has 0 saturated carbocycles. The number of carbonyl (C=O) groups excluding carboxylic acids is 1. The summed E-state index contributed by atoms with van der Waals surface area (Å²) < 4.78 is 1.42. The third kappa shape index (κ3) is 4.74. The van der Waals surface area contributed by atoms with Crippen LogP contribution in [0.5, 0.6) is 0 Å². The van der Waals surface area contributed by atoms with Crippen molar-refractivity contribution in [3.63, 3.8) is 0 Å². The Labute approximate surface area is 196 Å². The Morgan fingerprint density at radius 2 is 1.94 bits per heavy atom. The van der Waals surface area contributed by atoms with E-state index < -0.39 is 0 Å². The van der Waals surface area contributed by atoms with Crippen LogP contribution in [0.4, 0.5) is 0 Å². The Balaban J connectivity index is 1.27. The molecule has 1 aliphatic rings. The van der Waals surface area contributed by atoms with Crippen LogP contribution in [-0.2, 0) is 17.9 Å². The van der Waals surface area contributed by atoms with Crippen LogP contribution in [0.2, 0.25) is 0 Å². The summed E-state index contributed by atoms with van der Waals surface area (Å²) in [7, 11) is 0. The fourth-order valence-electron chi connectivity index (χ4n) is 4.39. The van der Waals surface area contributed by atoms with Crippen molar-refractivity contribution in [1.82, 2.24) is 19.8 Å². The summed E-state index contributed by atoms with van der Waals surface area (Å²) in [4.78, 5) is 33.4. The number of benzene rings is 2. The third-order valence-corrected chi connectivity index (χ3v) is 7.01. The average Bonchev–Trinajstić information content (AvgIpc) is 3.44. The zero-order valence-electron chi connectivity index (χ0n) is 18.5. The van der Waals surface area contributed by atoms with Gasteiger partial charge in [-0.1, -0.05) is 60.2 Å². The van der Waals surface area contributed by atoms with Gasteiger partial charge in [-0.25, -0.2) is 4.98 Å². The number of hydrogen-bond acceptors (Lipinski definition) is 5. The number of nitrogens with zero attached hydrogens (tertiary/aromatic N) is 3. The lowest BCUT2D eigenvalue weighted by Crippen LogP contribution is -2.40. The molecule has 2 aromatic heterocycles. The molecule has 4 aromatic rings. The van der Waals surface area contributed by atoms with Gasteiger partial charge in [-0.2, -0.15) is 0 Å². The lowest BCUT2D eigenvalue weighted by molar-refractivity contribution is -0.122. The fourth-order valence-corrected chi connectivity index (χ4v) is 5.30. The molecule has 2 aromatic carbocycles. The van der Waals surface area contributed by atoms with E-state index in [9.17, 15) is 9.59 Å². The van der Waals surface area contributed by atoms with Crippen LogP contribution in [0.1, 0.15) is 17.5 Å². The first-order valence-electron chi connectivity index (χ1n) is 11.2. The number of likely N-dealkylation sites (tertiary alicyclic amines) is 1. The first kappa shape index (κ1) is 21.6. The van der Waals surface area contributed by atoms with Crippen molar-refractivity contribution in [2.75, 3.05) is 13.1 Å². The maximum Gasteiger partial charge on any atom is 0.263 e. The van der Waals surface area contributed by atoms with Crippen LogP contribution in [0.3, 0.4) is 0 Å². The summed E-state index contributed by atoms with van der Waals surface area (Å²) in [6.07, 6.45) is 2.39. The van der Waals surface area contributed by atoms with E-state index >= 15 is 0 Å². The van der Waals surface area contributed by atoms with Crippen molar-refractivity contribution < 1.29 is 4.79 Å². The largest absolute Gasteiger partial charge is 0.350 e. The molecule has 3 heterocycles. The third-order valence-electron chi connectivity index (χ3n) is 6.12. The van der Waals surface area contributed by atoms with Gasteiger partial charge >= 0.3 is 0 Å². The zero-order valence-corrected chi connectivity index (χ0v) is 19.3. The molecule has 1 saturated heterocycles. The first-order valence-corrected chi connectivity index (χ1v) is 12.0. The van der Waals surface area contributed by atoms with Crippen molar-refractivity contribution in [1.29, 1.82) is 0 Å². The Bertz CT molecular complexity index is 1330. The Morgan fingerprint density at radius 3 is 2.73 bits per heavy atom. The predicted molar refractivity (Wildman–Crippen MR) is 132 cm³/mol. The number of hydrogen-bond donors (Lipinski definition) is 1. The average molecular weight is 459 g/mol. The summed E-state index contributed by atoms with van der Waals surface area (Å²) in [6.45, 7) is 4.65. The summed E-state index contributed by atoms with van der Waals surface area (Å²) >= 11 is 1.45. The number of carbonyl (C=O) groups is 1. The second-order valence-corrected chi connectivity index (χ2v) is 9.51. The molecule has 1 atom stereocenters. The maximum absolute atomic E-state index is 13.2. The van der Waals surface area contributed by atoms with Gasteiger partial charge in [0.2, 0.25) is 5.91 Å². The summed E-state index contributed by atoms with van der Waals surface area (Å²) in [5.41, 5.74) is 4.12. The van der Waals surface area contributed by atoms with Crippen LogP contribution in [0, 0.1) is 6.92 Å². The van der Waals surface area contributed by atoms with E-state index in [1.165, 1.54) is 33.4 Å². The van der Waals surface area contributed by atoms with E-state index in [0.29, 0.717) is 10.2 Å². The number of amides is 1. The normalized spacial score (nSPS) is 16.3. The van der Waals surface area contributed by atoms with Gasteiger partial charge in [-0.15, -0.1) is 11.3 Å². The molecule has 168 valence electrons. The molecule has 1 amide bonds.